The highest BCUT2D eigenvalue weighted by molar-refractivity contribution is 8.00. The summed E-state index contributed by atoms with van der Waals surface area (Å²) in [5, 5.41) is 16.3. The summed E-state index contributed by atoms with van der Waals surface area (Å²) in [4.78, 5) is 24.0. The summed E-state index contributed by atoms with van der Waals surface area (Å²) in [6, 6.07) is 14.8. The molecule has 3 rings (SSSR count). The molecule has 0 aliphatic heterocycles. The first-order valence-electron chi connectivity index (χ1n) is 14.6. The maximum absolute atomic E-state index is 12.4. The summed E-state index contributed by atoms with van der Waals surface area (Å²) in [7, 11) is 3.08. The highest BCUT2D eigenvalue weighted by atomic mass is 35.5. The molecule has 0 radical (unpaired) electrons. The topological polar surface area (TPSA) is 96.9 Å². The number of Topliss-reactive ketones (excluding diaryl/α,β-unsaturated/α-hetero) is 1. The third-order valence-electron chi connectivity index (χ3n) is 7.09. The van der Waals surface area contributed by atoms with Crippen LogP contribution < -0.4 is 20.1 Å². The third kappa shape index (κ3) is 12.3. The molecular formula is C34H42ClF3N2O5S. The number of carbonyl (C=O) groups excluding carboxylic acids is 1. The number of carbonyl (C=O) groups is 2. The zero-order chi connectivity index (χ0) is 34.7. The fourth-order valence-electron chi connectivity index (χ4n) is 4.43. The molecule has 0 spiro atoms. The van der Waals surface area contributed by atoms with Gasteiger partial charge in [0, 0.05) is 45.5 Å². The molecule has 0 saturated carbocycles. The molecule has 0 aromatic heterocycles. The molecule has 0 fully saturated rings. The van der Waals surface area contributed by atoms with E-state index in [0.29, 0.717) is 40.7 Å². The summed E-state index contributed by atoms with van der Waals surface area (Å²) in [6.45, 7) is 9.24. The number of ketones is 1. The number of ether oxygens (including phenoxy) is 2. The van der Waals surface area contributed by atoms with Gasteiger partial charge in [-0.25, -0.2) is 0 Å². The number of alkyl halides is 3. The van der Waals surface area contributed by atoms with Crippen molar-refractivity contribution in [2.45, 2.75) is 70.3 Å². The number of thioether (sulfide) groups is 1. The first-order chi connectivity index (χ1) is 21.5. The van der Waals surface area contributed by atoms with Gasteiger partial charge < -0.3 is 25.2 Å². The second-order valence-corrected chi connectivity index (χ2v) is 12.9. The van der Waals surface area contributed by atoms with Crippen LogP contribution in [-0.4, -0.2) is 43.1 Å². The molecule has 46 heavy (non-hydrogen) atoms. The number of carboxylic acid groups (broad SMARTS) is 1. The molecule has 0 heterocycles. The van der Waals surface area contributed by atoms with Gasteiger partial charge in [-0.05, 0) is 93.8 Å². The highest BCUT2D eigenvalue weighted by Gasteiger charge is 2.29. The zero-order valence-corrected chi connectivity index (χ0v) is 28.7. The Hall–Kier alpha value is -3.57. The molecule has 0 saturated heterocycles. The van der Waals surface area contributed by atoms with Gasteiger partial charge in [0.1, 0.15) is 17.5 Å². The van der Waals surface area contributed by atoms with Crippen LogP contribution in [0.2, 0.25) is 5.02 Å². The maximum Gasteiger partial charge on any atom is 0.446 e. The first kappa shape index (κ1) is 38.6. The van der Waals surface area contributed by atoms with Crippen molar-refractivity contribution in [3.05, 3.63) is 76.3 Å². The van der Waals surface area contributed by atoms with E-state index < -0.39 is 22.9 Å². The van der Waals surface area contributed by atoms with Gasteiger partial charge >= 0.3 is 11.5 Å². The number of aliphatic carboxylic acids is 1. The van der Waals surface area contributed by atoms with Crippen LogP contribution in [0.25, 0.3) is 0 Å². The van der Waals surface area contributed by atoms with Crippen LogP contribution in [0.15, 0.2) is 59.5 Å². The molecule has 0 amide bonds. The van der Waals surface area contributed by atoms with E-state index in [2.05, 4.69) is 17.6 Å². The van der Waals surface area contributed by atoms with E-state index in [1.165, 1.54) is 20.1 Å². The molecule has 0 aliphatic carbocycles. The van der Waals surface area contributed by atoms with Gasteiger partial charge in [0.05, 0.1) is 19.6 Å². The number of anilines is 2. The number of halogens is 4. The van der Waals surface area contributed by atoms with E-state index in [0.717, 1.165) is 29.7 Å². The van der Waals surface area contributed by atoms with Gasteiger partial charge in [0.25, 0.3) is 0 Å². The second-order valence-electron chi connectivity index (χ2n) is 11.3. The summed E-state index contributed by atoms with van der Waals surface area (Å²) in [5.41, 5.74) is -0.892. The first-order valence-corrected chi connectivity index (χ1v) is 15.8. The largest absolute Gasteiger partial charge is 0.497 e. The molecule has 7 nitrogen and oxygen atoms in total. The monoisotopic (exact) mass is 682 g/mol. The van der Waals surface area contributed by atoms with Crippen molar-refractivity contribution in [2.75, 3.05) is 31.4 Å². The quantitative estimate of drug-likeness (QED) is 0.145. The normalized spacial score (nSPS) is 12.0. The number of benzene rings is 3. The summed E-state index contributed by atoms with van der Waals surface area (Å²) in [6.07, 6.45) is 2.37. The number of aryl methyl sites for hydroxylation is 2. The molecular weight excluding hydrogens is 641 g/mol. The molecule has 0 bridgehead atoms. The van der Waals surface area contributed by atoms with E-state index in [1.807, 2.05) is 19.1 Å². The van der Waals surface area contributed by atoms with Crippen molar-refractivity contribution < 1.29 is 37.3 Å². The Labute approximate surface area is 278 Å². The molecule has 1 atom stereocenters. The van der Waals surface area contributed by atoms with E-state index in [-0.39, 0.29) is 22.4 Å². The Morgan fingerprint density at radius 2 is 1.67 bits per heavy atom. The van der Waals surface area contributed by atoms with Crippen LogP contribution in [0.4, 0.5) is 24.5 Å². The van der Waals surface area contributed by atoms with Gasteiger partial charge in [-0.2, -0.15) is 13.2 Å². The van der Waals surface area contributed by atoms with Gasteiger partial charge in [0.2, 0.25) is 0 Å². The predicted molar refractivity (Wildman–Crippen MR) is 180 cm³/mol. The Bertz CT molecular complexity index is 1480. The van der Waals surface area contributed by atoms with Gasteiger partial charge in [0.15, 0.2) is 5.78 Å². The average Bonchev–Trinajstić information content (AvgIpc) is 2.96. The van der Waals surface area contributed by atoms with E-state index >= 15 is 0 Å². The SMILES string of the molecule is CCCc1ccc(SC(F)(F)F)cc1C.COc1cc(NCCC(C)(C)C(=O)O)cc(NC(C(C)=O)c2ccc(Cl)cc2OC)c1. The second kappa shape index (κ2) is 17.4. The Kier molecular flexibility index (Phi) is 14.6. The lowest BCUT2D eigenvalue weighted by atomic mass is 9.90. The fraction of sp³-hybridized carbons (Fsp3) is 0.412. The van der Waals surface area contributed by atoms with E-state index in [9.17, 15) is 27.9 Å². The number of hydrogen-bond donors (Lipinski definition) is 3. The lowest BCUT2D eigenvalue weighted by Crippen LogP contribution is -2.26. The van der Waals surface area contributed by atoms with Crippen molar-refractivity contribution in [2.24, 2.45) is 5.41 Å². The lowest BCUT2D eigenvalue weighted by molar-refractivity contribution is -0.147. The number of hydrogen-bond acceptors (Lipinski definition) is 7. The van der Waals surface area contributed by atoms with Gasteiger partial charge in [-0.3, -0.25) is 9.59 Å². The minimum absolute atomic E-state index is 0.0583. The van der Waals surface area contributed by atoms with E-state index in [4.69, 9.17) is 21.1 Å². The maximum atomic E-state index is 12.4. The third-order valence-corrected chi connectivity index (χ3v) is 8.05. The Morgan fingerprint density at radius 3 is 2.22 bits per heavy atom. The van der Waals surface area contributed by atoms with Crippen molar-refractivity contribution in [1.82, 2.24) is 0 Å². The van der Waals surface area contributed by atoms with E-state index in [1.54, 1.807) is 57.4 Å². The van der Waals surface area contributed by atoms with Crippen LogP contribution >= 0.6 is 23.4 Å². The summed E-state index contributed by atoms with van der Waals surface area (Å²) in [5.74, 6) is 0.164. The molecule has 3 N–H and O–H groups in total. The molecule has 0 aliphatic rings. The molecule has 3 aromatic rings. The smallest absolute Gasteiger partial charge is 0.446 e. The Balaban J connectivity index is 0.000000410. The molecule has 252 valence electrons. The predicted octanol–water partition coefficient (Wildman–Crippen LogP) is 9.57. The minimum atomic E-state index is -4.20. The van der Waals surface area contributed by atoms with Crippen molar-refractivity contribution in [1.29, 1.82) is 0 Å². The van der Waals surface area contributed by atoms with Crippen LogP contribution in [0.5, 0.6) is 11.5 Å². The van der Waals surface area contributed by atoms with Crippen LogP contribution in [0.1, 0.15) is 63.3 Å². The molecule has 1 unspecified atom stereocenters. The standard InChI is InChI=1S/C23H29ClN2O5.C11H13F3S/c1-14(27)21(19-7-6-15(24)10-20(19)31-5)26-17-11-16(12-18(13-17)30-4)25-9-8-23(2,3)22(28)29;1-3-4-9-5-6-10(7-8(9)2)15-11(12,13)14/h6-7,10-13,21,25-26H,8-9H2,1-5H3,(H,28,29);5-7H,3-4H2,1-2H3. The average molecular weight is 683 g/mol. The highest BCUT2D eigenvalue weighted by Crippen LogP contribution is 2.37. The van der Waals surface area contributed by atoms with Crippen molar-refractivity contribution in [3.8, 4) is 11.5 Å². The number of rotatable bonds is 14. The van der Waals surface area contributed by atoms with Gasteiger partial charge in [-0.15, -0.1) is 0 Å². The van der Waals surface area contributed by atoms with Crippen LogP contribution in [0, 0.1) is 12.3 Å². The van der Waals surface area contributed by atoms with Crippen molar-refractivity contribution in [3.63, 3.8) is 0 Å². The van der Waals surface area contributed by atoms with Crippen LogP contribution in [-0.2, 0) is 16.0 Å². The minimum Gasteiger partial charge on any atom is -0.497 e. The number of methoxy groups -OCH3 is 2. The number of nitrogens with one attached hydrogen (secondary N) is 2. The fourth-order valence-corrected chi connectivity index (χ4v) is 5.23. The van der Waals surface area contributed by atoms with Crippen LogP contribution in [0.3, 0.4) is 0 Å². The summed E-state index contributed by atoms with van der Waals surface area (Å²) < 4.78 is 47.0. The number of carboxylic acids is 1. The summed E-state index contributed by atoms with van der Waals surface area (Å²) >= 11 is 6.00. The lowest BCUT2D eigenvalue weighted by Gasteiger charge is -2.22. The Morgan fingerprint density at radius 1 is 1.00 bits per heavy atom. The van der Waals surface area contributed by atoms with Gasteiger partial charge in [-0.1, -0.05) is 37.1 Å². The zero-order valence-electron chi connectivity index (χ0n) is 27.1. The molecule has 12 heteroatoms. The van der Waals surface area contributed by atoms with Crippen molar-refractivity contribution >= 4 is 46.5 Å². The molecule has 3 aromatic carbocycles.